The lowest BCUT2D eigenvalue weighted by Gasteiger charge is -2.28. The molecule has 2 aromatic rings. The van der Waals surface area contributed by atoms with Gasteiger partial charge in [0.05, 0.1) is 23.2 Å². The second kappa shape index (κ2) is 10.9. The molecule has 2 amide bonds. The number of carbonyl (C=O) groups is 2. The summed E-state index contributed by atoms with van der Waals surface area (Å²) in [6.07, 6.45) is 1.72. The molecule has 168 valence electrons. The van der Waals surface area contributed by atoms with Gasteiger partial charge in [-0.25, -0.2) is 8.42 Å². The van der Waals surface area contributed by atoms with Crippen molar-refractivity contribution in [2.75, 3.05) is 36.1 Å². The summed E-state index contributed by atoms with van der Waals surface area (Å²) in [4.78, 5) is 25.5. The Labute approximate surface area is 183 Å². The number of nitrogens with one attached hydrogen (secondary N) is 2. The van der Waals surface area contributed by atoms with E-state index in [2.05, 4.69) is 10.6 Å². The van der Waals surface area contributed by atoms with Gasteiger partial charge in [-0.1, -0.05) is 24.3 Å². The molecule has 0 bridgehead atoms. The highest BCUT2D eigenvalue weighted by Crippen LogP contribution is 2.23. The standard InChI is InChI=1S/C22H29N3O5S/c1-16-9-7-10-18(15-16)25(31(4,28)29)17(2)21(26)24-20-12-6-5-11-19(20)22(27)23-13-8-14-30-3/h5-7,9-12,15,17H,8,13-14H2,1-4H3,(H,23,27)(H,24,26)/t17-/m0/s1. The summed E-state index contributed by atoms with van der Waals surface area (Å²) in [5.74, 6) is -0.884. The molecule has 0 spiro atoms. The van der Waals surface area contributed by atoms with Gasteiger partial charge < -0.3 is 15.4 Å². The van der Waals surface area contributed by atoms with Gasteiger partial charge in [-0.05, 0) is 50.1 Å². The monoisotopic (exact) mass is 447 g/mol. The highest BCUT2D eigenvalue weighted by atomic mass is 32.2. The molecule has 0 saturated heterocycles. The molecule has 1 atom stereocenters. The van der Waals surface area contributed by atoms with Crippen molar-refractivity contribution in [2.24, 2.45) is 0 Å². The van der Waals surface area contributed by atoms with Crippen molar-refractivity contribution in [1.29, 1.82) is 0 Å². The molecule has 9 heteroatoms. The number of aryl methyl sites for hydroxylation is 1. The summed E-state index contributed by atoms with van der Waals surface area (Å²) < 4.78 is 31.0. The largest absolute Gasteiger partial charge is 0.385 e. The van der Waals surface area contributed by atoms with Gasteiger partial charge in [0, 0.05) is 20.3 Å². The number of sulfonamides is 1. The van der Waals surface area contributed by atoms with Crippen LogP contribution in [0.5, 0.6) is 0 Å². The second-order valence-electron chi connectivity index (χ2n) is 7.21. The highest BCUT2D eigenvalue weighted by molar-refractivity contribution is 7.92. The van der Waals surface area contributed by atoms with Gasteiger partial charge in [-0.3, -0.25) is 13.9 Å². The van der Waals surface area contributed by atoms with Crippen LogP contribution in [0.4, 0.5) is 11.4 Å². The first-order valence-corrected chi connectivity index (χ1v) is 11.7. The zero-order valence-electron chi connectivity index (χ0n) is 18.2. The van der Waals surface area contributed by atoms with Crippen molar-refractivity contribution < 1.29 is 22.7 Å². The summed E-state index contributed by atoms with van der Waals surface area (Å²) in [5.41, 5.74) is 1.87. The highest BCUT2D eigenvalue weighted by Gasteiger charge is 2.29. The third-order valence-electron chi connectivity index (χ3n) is 4.58. The summed E-state index contributed by atoms with van der Waals surface area (Å²) in [6.45, 7) is 4.30. The van der Waals surface area contributed by atoms with E-state index in [-0.39, 0.29) is 5.91 Å². The maximum atomic E-state index is 13.0. The van der Waals surface area contributed by atoms with Crippen LogP contribution in [-0.4, -0.2) is 52.8 Å². The number of hydrogen-bond donors (Lipinski definition) is 2. The minimum Gasteiger partial charge on any atom is -0.385 e. The molecule has 2 rings (SSSR count). The number of rotatable bonds is 10. The van der Waals surface area contributed by atoms with Crippen LogP contribution < -0.4 is 14.9 Å². The van der Waals surface area contributed by atoms with E-state index in [1.165, 1.54) is 6.92 Å². The molecule has 31 heavy (non-hydrogen) atoms. The van der Waals surface area contributed by atoms with Gasteiger partial charge in [0.25, 0.3) is 5.91 Å². The normalized spacial score (nSPS) is 12.1. The van der Waals surface area contributed by atoms with Crippen LogP contribution in [-0.2, 0) is 19.6 Å². The van der Waals surface area contributed by atoms with E-state index in [1.54, 1.807) is 49.6 Å². The SMILES string of the molecule is COCCCNC(=O)c1ccccc1NC(=O)[C@H](C)N(c1cccc(C)c1)S(C)(=O)=O. The number of hydrogen-bond acceptors (Lipinski definition) is 5. The van der Waals surface area contributed by atoms with Gasteiger partial charge in [-0.15, -0.1) is 0 Å². The maximum absolute atomic E-state index is 13.0. The van der Waals surface area contributed by atoms with E-state index in [0.717, 1.165) is 16.1 Å². The molecule has 0 saturated carbocycles. The molecular formula is C22H29N3O5S. The van der Waals surface area contributed by atoms with Crippen molar-refractivity contribution in [3.8, 4) is 0 Å². The van der Waals surface area contributed by atoms with E-state index in [4.69, 9.17) is 4.74 Å². The lowest BCUT2D eigenvalue weighted by Crippen LogP contribution is -2.45. The van der Waals surface area contributed by atoms with Gasteiger partial charge in [0.1, 0.15) is 6.04 Å². The topological polar surface area (TPSA) is 105 Å². The predicted molar refractivity (Wildman–Crippen MR) is 122 cm³/mol. The van der Waals surface area contributed by atoms with Crippen LogP contribution in [0.3, 0.4) is 0 Å². The Morgan fingerprint density at radius 3 is 2.48 bits per heavy atom. The molecular weight excluding hydrogens is 418 g/mol. The second-order valence-corrected chi connectivity index (χ2v) is 9.07. The number of para-hydroxylation sites is 1. The molecule has 0 fully saturated rings. The van der Waals surface area contributed by atoms with Crippen LogP contribution in [0.25, 0.3) is 0 Å². The Morgan fingerprint density at radius 2 is 1.84 bits per heavy atom. The third kappa shape index (κ3) is 6.80. The Morgan fingerprint density at radius 1 is 1.13 bits per heavy atom. The minimum absolute atomic E-state index is 0.293. The zero-order valence-corrected chi connectivity index (χ0v) is 19.0. The predicted octanol–water partition coefficient (Wildman–Crippen LogP) is 2.55. The molecule has 2 aromatic carbocycles. The van der Waals surface area contributed by atoms with Crippen LogP contribution in [0.15, 0.2) is 48.5 Å². The van der Waals surface area contributed by atoms with Gasteiger partial charge in [0.15, 0.2) is 0 Å². The number of methoxy groups -OCH3 is 1. The quantitative estimate of drug-likeness (QED) is 0.545. The molecule has 0 radical (unpaired) electrons. The van der Waals surface area contributed by atoms with Crippen molar-refractivity contribution in [1.82, 2.24) is 5.32 Å². The first kappa shape index (κ1) is 24.4. The number of amides is 2. The summed E-state index contributed by atoms with van der Waals surface area (Å²) in [6, 6.07) is 12.5. The summed E-state index contributed by atoms with van der Waals surface area (Å²) in [7, 11) is -2.15. The molecule has 2 N–H and O–H groups in total. The minimum atomic E-state index is -3.73. The van der Waals surface area contributed by atoms with Gasteiger partial charge in [0.2, 0.25) is 15.9 Å². The zero-order chi connectivity index (χ0) is 23.0. The van der Waals surface area contributed by atoms with Crippen LogP contribution in [0.2, 0.25) is 0 Å². The average Bonchev–Trinajstić information content (AvgIpc) is 2.70. The first-order chi connectivity index (χ1) is 14.6. The smallest absolute Gasteiger partial charge is 0.253 e. The first-order valence-electron chi connectivity index (χ1n) is 9.88. The summed E-state index contributed by atoms with van der Waals surface area (Å²) >= 11 is 0. The fourth-order valence-corrected chi connectivity index (χ4v) is 4.28. The van der Waals surface area contributed by atoms with Crippen molar-refractivity contribution in [3.63, 3.8) is 0 Å². The van der Waals surface area contributed by atoms with Crippen LogP contribution in [0, 0.1) is 6.92 Å². The molecule has 0 aliphatic carbocycles. The molecule has 0 aliphatic heterocycles. The number of benzene rings is 2. The number of carbonyl (C=O) groups excluding carboxylic acids is 2. The van der Waals surface area contributed by atoms with Crippen LogP contribution in [0.1, 0.15) is 29.3 Å². The van der Waals surface area contributed by atoms with Crippen molar-refractivity contribution in [2.45, 2.75) is 26.3 Å². The average molecular weight is 448 g/mol. The van der Waals surface area contributed by atoms with Gasteiger partial charge >= 0.3 is 0 Å². The fraction of sp³-hybridized carbons (Fsp3) is 0.364. The van der Waals surface area contributed by atoms with E-state index in [1.807, 2.05) is 13.0 Å². The van der Waals surface area contributed by atoms with Crippen LogP contribution >= 0.6 is 0 Å². The maximum Gasteiger partial charge on any atom is 0.253 e. The number of nitrogens with zero attached hydrogens (tertiary/aromatic N) is 1. The Bertz CT molecular complexity index is 1020. The fourth-order valence-electron chi connectivity index (χ4n) is 3.11. The lowest BCUT2D eigenvalue weighted by molar-refractivity contribution is -0.116. The molecule has 0 unspecified atom stereocenters. The Hall–Kier alpha value is -2.91. The van der Waals surface area contributed by atoms with Gasteiger partial charge in [-0.2, -0.15) is 0 Å². The van der Waals surface area contributed by atoms with E-state index in [0.29, 0.717) is 36.5 Å². The van der Waals surface area contributed by atoms with Crippen molar-refractivity contribution in [3.05, 3.63) is 59.7 Å². The molecule has 0 heterocycles. The number of anilines is 2. The number of ether oxygens (including phenoxy) is 1. The van der Waals surface area contributed by atoms with Crippen molar-refractivity contribution >= 4 is 33.2 Å². The summed E-state index contributed by atoms with van der Waals surface area (Å²) in [5, 5.41) is 5.48. The molecule has 0 aliphatic rings. The third-order valence-corrected chi connectivity index (χ3v) is 5.83. The van der Waals surface area contributed by atoms with E-state index < -0.39 is 22.0 Å². The molecule has 0 aromatic heterocycles. The van der Waals surface area contributed by atoms with E-state index in [9.17, 15) is 18.0 Å². The lowest BCUT2D eigenvalue weighted by atomic mass is 10.1. The van der Waals surface area contributed by atoms with E-state index >= 15 is 0 Å². The molecule has 8 nitrogen and oxygen atoms in total. The Balaban J connectivity index is 2.23. The Kier molecular flexibility index (Phi) is 8.58.